The Kier molecular flexibility index (Phi) is 6.40. The summed E-state index contributed by atoms with van der Waals surface area (Å²) in [5, 5.41) is 2.83. The predicted octanol–water partition coefficient (Wildman–Crippen LogP) is 3.77. The molecule has 0 saturated heterocycles. The van der Waals surface area contributed by atoms with E-state index in [4.69, 9.17) is 9.47 Å². The van der Waals surface area contributed by atoms with Crippen LogP contribution in [0, 0.1) is 0 Å². The quantitative estimate of drug-likeness (QED) is 0.599. The average molecular weight is 410 g/mol. The van der Waals surface area contributed by atoms with Crippen LogP contribution < -0.4 is 14.8 Å². The first-order valence-electron chi connectivity index (χ1n) is 9.99. The molecule has 7 nitrogen and oxygen atoms in total. The summed E-state index contributed by atoms with van der Waals surface area (Å²) >= 11 is 0. The van der Waals surface area contributed by atoms with Crippen molar-refractivity contribution in [3.8, 4) is 11.5 Å². The first-order valence-corrected chi connectivity index (χ1v) is 9.99. The van der Waals surface area contributed by atoms with E-state index >= 15 is 0 Å². The highest BCUT2D eigenvalue weighted by Gasteiger charge is 2.30. The molecule has 2 aromatic rings. The van der Waals surface area contributed by atoms with Gasteiger partial charge < -0.3 is 19.7 Å². The Morgan fingerprint density at radius 2 is 2.00 bits per heavy atom. The molecule has 2 amide bonds. The minimum Gasteiger partial charge on any atom is -0.481 e. The van der Waals surface area contributed by atoms with Crippen molar-refractivity contribution in [2.24, 2.45) is 0 Å². The fourth-order valence-corrected chi connectivity index (χ4v) is 3.32. The van der Waals surface area contributed by atoms with E-state index < -0.39 is 18.0 Å². The second-order valence-electron chi connectivity index (χ2n) is 7.35. The van der Waals surface area contributed by atoms with E-state index in [1.54, 1.807) is 48.2 Å². The minimum absolute atomic E-state index is 0.0542. The average Bonchev–Trinajstić information content (AvgIpc) is 2.83. The van der Waals surface area contributed by atoms with Gasteiger partial charge in [-0.25, -0.2) is 0 Å². The monoisotopic (exact) mass is 410 g/mol. The second-order valence-corrected chi connectivity index (χ2v) is 7.35. The molecule has 1 aliphatic rings. The summed E-state index contributed by atoms with van der Waals surface area (Å²) < 4.78 is 11.0. The van der Waals surface area contributed by atoms with E-state index in [2.05, 4.69) is 5.32 Å². The number of esters is 1. The van der Waals surface area contributed by atoms with Crippen LogP contribution in [0.1, 0.15) is 50.0 Å². The molecule has 0 saturated carbocycles. The number of carbonyl (C=O) groups excluding carboxylic acids is 3. The summed E-state index contributed by atoms with van der Waals surface area (Å²) in [6, 6.07) is 11.9. The first-order chi connectivity index (χ1) is 14.3. The van der Waals surface area contributed by atoms with Crippen LogP contribution in [0.15, 0.2) is 42.5 Å². The van der Waals surface area contributed by atoms with Crippen molar-refractivity contribution in [2.75, 3.05) is 5.32 Å². The lowest BCUT2D eigenvalue weighted by atomic mass is 10.1. The van der Waals surface area contributed by atoms with Crippen molar-refractivity contribution >= 4 is 23.5 Å². The molecule has 2 aromatic carbocycles. The molecular weight excluding hydrogens is 384 g/mol. The van der Waals surface area contributed by atoms with Crippen molar-refractivity contribution in [3.05, 3.63) is 53.6 Å². The third kappa shape index (κ3) is 4.62. The predicted molar refractivity (Wildman–Crippen MR) is 113 cm³/mol. The zero-order valence-corrected chi connectivity index (χ0v) is 17.6. The van der Waals surface area contributed by atoms with Crippen LogP contribution in [0.3, 0.4) is 0 Å². The number of rotatable bonds is 5. The standard InChI is InChI=1S/C23H26N2O5/c1-5-14(2)25-13-17-12-18(10-11-20(17)29-15(3)23(25)28)24-22(27)19-8-6-7-9-21(19)30-16(4)26/h6-12,14-15H,5,13H2,1-4H3,(H,24,27)/t14-,15-/m0/s1. The molecule has 2 atom stereocenters. The molecule has 7 heteroatoms. The van der Waals surface area contributed by atoms with Crippen molar-refractivity contribution < 1.29 is 23.9 Å². The molecule has 0 aromatic heterocycles. The summed E-state index contributed by atoms with van der Waals surface area (Å²) in [6.07, 6.45) is 0.258. The highest BCUT2D eigenvalue weighted by Crippen LogP contribution is 2.30. The molecule has 0 fully saturated rings. The molecule has 0 bridgehead atoms. The Labute approximate surface area is 176 Å². The number of para-hydroxylation sites is 1. The maximum absolute atomic E-state index is 12.8. The number of amides is 2. The zero-order valence-electron chi connectivity index (χ0n) is 17.6. The number of nitrogens with one attached hydrogen (secondary N) is 1. The van der Waals surface area contributed by atoms with Gasteiger partial charge in [-0.15, -0.1) is 0 Å². The van der Waals surface area contributed by atoms with E-state index in [-0.39, 0.29) is 23.3 Å². The molecule has 1 aliphatic heterocycles. The summed E-state index contributed by atoms with van der Waals surface area (Å²) in [5.74, 6) is -0.129. The van der Waals surface area contributed by atoms with Gasteiger partial charge in [0.1, 0.15) is 11.5 Å². The van der Waals surface area contributed by atoms with Gasteiger partial charge in [0, 0.05) is 30.8 Å². The van der Waals surface area contributed by atoms with Gasteiger partial charge >= 0.3 is 5.97 Å². The first kappa shape index (κ1) is 21.4. The highest BCUT2D eigenvalue weighted by atomic mass is 16.5. The van der Waals surface area contributed by atoms with Crippen molar-refractivity contribution in [1.29, 1.82) is 0 Å². The molecule has 1 heterocycles. The molecule has 0 spiro atoms. The minimum atomic E-state index is -0.573. The maximum atomic E-state index is 12.8. The van der Waals surface area contributed by atoms with Crippen LogP contribution in [0.5, 0.6) is 11.5 Å². The van der Waals surface area contributed by atoms with E-state index in [1.165, 1.54) is 6.92 Å². The molecular formula is C23H26N2O5. The SMILES string of the molecule is CC[C@H](C)N1Cc2cc(NC(=O)c3ccccc3OC(C)=O)ccc2O[C@@H](C)C1=O. The van der Waals surface area contributed by atoms with Crippen LogP contribution in [0.2, 0.25) is 0 Å². The second kappa shape index (κ2) is 8.98. The largest absolute Gasteiger partial charge is 0.481 e. The molecule has 3 rings (SSSR count). The zero-order chi connectivity index (χ0) is 21.8. The summed E-state index contributed by atoms with van der Waals surface area (Å²) in [4.78, 5) is 38.6. The number of benzene rings is 2. The number of hydrogen-bond donors (Lipinski definition) is 1. The van der Waals surface area contributed by atoms with Gasteiger partial charge in [0.2, 0.25) is 0 Å². The van der Waals surface area contributed by atoms with Crippen LogP contribution in [0.25, 0.3) is 0 Å². The molecule has 0 radical (unpaired) electrons. The summed E-state index contributed by atoms with van der Waals surface area (Å²) in [5.41, 5.74) is 1.63. The van der Waals surface area contributed by atoms with Crippen molar-refractivity contribution in [1.82, 2.24) is 4.90 Å². The topological polar surface area (TPSA) is 84.9 Å². The van der Waals surface area contributed by atoms with Crippen LogP contribution in [-0.2, 0) is 16.1 Å². The van der Waals surface area contributed by atoms with E-state index in [9.17, 15) is 14.4 Å². The molecule has 1 N–H and O–H groups in total. The number of nitrogens with zero attached hydrogens (tertiary/aromatic N) is 1. The molecule has 30 heavy (non-hydrogen) atoms. The number of fused-ring (bicyclic) bond motifs is 1. The van der Waals surface area contributed by atoms with Gasteiger partial charge in [-0.3, -0.25) is 14.4 Å². The van der Waals surface area contributed by atoms with Gasteiger partial charge in [0.05, 0.1) is 5.56 Å². The van der Waals surface area contributed by atoms with E-state index in [1.807, 2.05) is 19.9 Å². The van der Waals surface area contributed by atoms with Crippen molar-refractivity contribution in [3.63, 3.8) is 0 Å². The van der Waals surface area contributed by atoms with Gasteiger partial charge in [-0.05, 0) is 50.6 Å². The Balaban J connectivity index is 1.86. The summed E-state index contributed by atoms with van der Waals surface area (Å²) in [7, 11) is 0. The Bertz CT molecular complexity index is 972. The molecule has 0 unspecified atom stereocenters. The number of anilines is 1. The van der Waals surface area contributed by atoms with Crippen LogP contribution in [-0.4, -0.2) is 34.8 Å². The van der Waals surface area contributed by atoms with Gasteiger partial charge in [0.15, 0.2) is 6.10 Å². The van der Waals surface area contributed by atoms with E-state index in [0.717, 1.165) is 12.0 Å². The van der Waals surface area contributed by atoms with Crippen LogP contribution >= 0.6 is 0 Å². The Morgan fingerprint density at radius 3 is 2.70 bits per heavy atom. The highest BCUT2D eigenvalue weighted by molar-refractivity contribution is 6.06. The maximum Gasteiger partial charge on any atom is 0.308 e. The lowest BCUT2D eigenvalue weighted by molar-refractivity contribution is -0.139. The smallest absolute Gasteiger partial charge is 0.308 e. The normalized spacial score (nSPS) is 16.7. The lowest BCUT2D eigenvalue weighted by Crippen LogP contribution is -2.42. The third-order valence-corrected chi connectivity index (χ3v) is 5.10. The number of carbonyl (C=O) groups is 3. The van der Waals surface area contributed by atoms with E-state index in [0.29, 0.717) is 18.0 Å². The van der Waals surface area contributed by atoms with Crippen molar-refractivity contribution in [2.45, 2.75) is 52.8 Å². The van der Waals surface area contributed by atoms with Crippen LogP contribution in [0.4, 0.5) is 5.69 Å². The third-order valence-electron chi connectivity index (χ3n) is 5.10. The number of hydrogen-bond acceptors (Lipinski definition) is 5. The fraction of sp³-hybridized carbons (Fsp3) is 0.348. The number of ether oxygens (including phenoxy) is 2. The lowest BCUT2D eigenvalue weighted by Gasteiger charge is -2.28. The summed E-state index contributed by atoms with van der Waals surface area (Å²) in [6.45, 7) is 7.47. The van der Waals surface area contributed by atoms with Gasteiger partial charge in [-0.1, -0.05) is 19.1 Å². The van der Waals surface area contributed by atoms with Gasteiger partial charge in [-0.2, -0.15) is 0 Å². The molecule has 0 aliphatic carbocycles. The molecule has 158 valence electrons. The Morgan fingerprint density at radius 1 is 1.27 bits per heavy atom. The Hall–Kier alpha value is -3.35. The fourth-order valence-electron chi connectivity index (χ4n) is 3.32. The van der Waals surface area contributed by atoms with Gasteiger partial charge in [0.25, 0.3) is 11.8 Å².